The minimum atomic E-state index is -0.283. The number of carbonyl (C=O) groups excluding carboxylic acids is 1. The van der Waals surface area contributed by atoms with Gasteiger partial charge in [0.25, 0.3) is 5.91 Å². The molecule has 0 radical (unpaired) electrons. The van der Waals surface area contributed by atoms with E-state index in [2.05, 4.69) is 15.4 Å². The van der Waals surface area contributed by atoms with E-state index in [1.165, 1.54) is 6.20 Å². The Hall–Kier alpha value is -3.09. The number of aromatic nitrogens is 3. The number of benzene rings is 2. The number of rotatable bonds is 6. The largest absolute Gasteiger partial charge is 0.481 e. The number of amides is 1. The first-order chi connectivity index (χ1) is 15.0. The van der Waals surface area contributed by atoms with Gasteiger partial charge in [-0.3, -0.25) is 4.79 Å². The van der Waals surface area contributed by atoms with Gasteiger partial charge >= 0.3 is 0 Å². The molecule has 0 aliphatic heterocycles. The number of halogens is 2. The van der Waals surface area contributed by atoms with Gasteiger partial charge in [0.1, 0.15) is 5.56 Å². The molecule has 0 saturated carbocycles. The Kier molecular flexibility index (Phi) is 6.11. The number of methoxy groups -OCH3 is 1. The molecule has 2 heterocycles. The van der Waals surface area contributed by atoms with Crippen molar-refractivity contribution in [1.82, 2.24) is 19.9 Å². The normalized spacial score (nSPS) is 11.0. The van der Waals surface area contributed by atoms with Crippen LogP contribution in [0.1, 0.15) is 32.7 Å². The summed E-state index contributed by atoms with van der Waals surface area (Å²) < 4.78 is 7.22. The fraction of sp³-hybridized carbons (Fsp3) is 0.174. The zero-order valence-electron chi connectivity index (χ0n) is 17.0. The summed E-state index contributed by atoms with van der Waals surface area (Å²) in [5, 5.41) is 8.53. The molecule has 0 saturated heterocycles. The van der Waals surface area contributed by atoms with Crippen molar-refractivity contribution in [2.75, 3.05) is 7.11 Å². The van der Waals surface area contributed by atoms with Crippen molar-refractivity contribution in [1.29, 1.82) is 0 Å². The van der Waals surface area contributed by atoms with E-state index in [0.29, 0.717) is 40.1 Å². The first-order valence-electron chi connectivity index (χ1n) is 9.65. The predicted molar refractivity (Wildman–Crippen MR) is 121 cm³/mol. The third-order valence-electron chi connectivity index (χ3n) is 5.03. The molecule has 8 heteroatoms. The van der Waals surface area contributed by atoms with Crippen LogP contribution in [0.3, 0.4) is 0 Å². The maximum Gasteiger partial charge on any atom is 0.257 e. The molecule has 0 aliphatic rings. The monoisotopic (exact) mass is 454 g/mol. The smallest absolute Gasteiger partial charge is 0.257 e. The molecule has 0 unspecified atom stereocenters. The summed E-state index contributed by atoms with van der Waals surface area (Å²) >= 11 is 12.2. The van der Waals surface area contributed by atoms with Gasteiger partial charge in [0, 0.05) is 34.3 Å². The van der Waals surface area contributed by atoms with Crippen molar-refractivity contribution in [3.05, 3.63) is 92.7 Å². The molecule has 1 N–H and O–H groups in total. The Bertz CT molecular complexity index is 1250. The molecule has 1 amide bonds. The number of aryl methyl sites for hydroxylation is 1. The summed E-state index contributed by atoms with van der Waals surface area (Å²) in [6.45, 7) is 2.20. The Morgan fingerprint density at radius 1 is 1.13 bits per heavy atom. The molecule has 2 aromatic heterocycles. The van der Waals surface area contributed by atoms with Gasteiger partial charge in [0.2, 0.25) is 5.88 Å². The van der Waals surface area contributed by atoms with Crippen LogP contribution in [0.4, 0.5) is 0 Å². The van der Waals surface area contributed by atoms with E-state index >= 15 is 0 Å². The molecule has 0 bridgehead atoms. The van der Waals surface area contributed by atoms with Gasteiger partial charge in [-0.05, 0) is 36.2 Å². The Labute approximate surface area is 189 Å². The van der Waals surface area contributed by atoms with Gasteiger partial charge in [-0.2, -0.15) is 9.61 Å². The molecule has 4 rings (SSSR count). The van der Waals surface area contributed by atoms with Crippen LogP contribution in [0.5, 0.6) is 5.88 Å². The summed E-state index contributed by atoms with van der Waals surface area (Å²) in [4.78, 5) is 17.5. The van der Waals surface area contributed by atoms with Gasteiger partial charge in [-0.15, -0.1) is 0 Å². The van der Waals surface area contributed by atoms with Crippen molar-refractivity contribution in [3.8, 4) is 5.88 Å². The Balaban J connectivity index is 1.64. The summed E-state index contributed by atoms with van der Waals surface area (Å²) in [6, 6.07) is 15.0. The van der Waals surface area contributed by atoms with Crippen LogP contribution in [0.15, 0.2) is 54.7 Å². The summed E-state index contributed by atoms with van der Waals surface area (Å²) in [6.07, 6.45) is 2.10. The lowest BCUT2D eigenvalue weighted by Crippen LogP contribution is -2.23. The van der Waals surface area contributed by atoms with Crippen LogP contribution >= 0.6 is 23.2 Å². The standard InChI is InChI=1S/C23H20Cl2N4O2/c1-14-18(11-15-7-9-17(24)10-8-15)23(31-2)29-21(28-14)19(13-27-29)22(30)26-12-16-5-3-4-6-20(16)25/h3-10,13H,11-12H2,1-2H3,(H,26,30). The van der Waals surface area contributed by atoms with E-state index in [4.69, 9.17) is 27.9 Å². The van der Waals surface area contributed by atoms with Crippen molar-refractivity contribution in [2.24, 2.45) is 0 Å². The summed E-state index contributed by atoms with van der Waals surface area (Å²) in [7, 11) is 1.58. The second kappa shape index (κ2) is 8.96. The van der Waals surface area contributed by atoms with Crippen LogP contribution < -0.4 is 10.1 Å². The molecule has 0 atom stereocenters. The lowest BCUT2D eigenvalue weighted by Gasteiger charge is -2.13. The molecule has 31 heavy (non-hydrogen) atoms. The summed E-state index contributed by atoms with van der Waals surface area (Å²) in [5.74, 6) is 0.261. The number of fused-ring (bicyclic) bond motifs is 1. The molecular formula is C23H20Cl2N4O2. The van der Waals surface area contributed by atoms with E-state index in [0.717, 1.165) is 22.4 Å². The second-order valence-corrected chi connectivity index (χ2v) is 7.90. The van der Waals surface area contributed by atoms with E-state index in [1.54, 1.807) is 17.7 Å². The highest BCUT2D eigenvalue weighted by molar-refractivity contribution is 6.31. The first-order valence-corrected chi connectivity index (χ1v) is 10.4. The number of nitrogens with zero attached hydrogens (tertiary/aromatic N) is 3. The molecule has 4 aromatic rings. The number of hydrogen-bond acceptors (Lipinski definition) is 4. The van der Waals surface area contributed by atoms with E-state index in [9.17, 15) is 4.79 Å². The van der Waals surface area contributed by atoms with Gasteiger partial charge in [0.15, 0.2) is 5.65 Å². The fourth-order valence-corrected chi connectivity index (χ4v) is 3.73. The quantitative estimate of drug-likeness (QED) is 0.450. The van der Waals surface area contributed by atoms with Crippen molar-refractivity contribution >= 4 is 34.8 Å². The van der Waals surface area contributed by atoms with Gasteiger partial charge < -0.3 is 10.1 Å². The number of ether oxygens (including phenoxy) is 1. The molecular weight excluding hydrogens is 435 g/mol. The number of hydrogen-bond donors (Lipinski definition) is 1. The van der Waals surface area contributed by atoms with Crippen LogP contribution in [-0.4, -0.2) is 27.6 Å². The van der Waals surface area contributed by atoms with Gasteiger partial charge in [0.05, 0.1) is 13.3 Å². The van der Waals surface area contributed by atoms with Gasteiger partial charge in [-0.25, -0.2) is 4.98 Å². The third kappa shape index (κ3) is 4.36. The first kappa shape index (κ1) is 21.2. The van der Waals surface area contributed by atoms with Crippen LogP contribution in [-0.2, 0) is 13.0 Å². The highest BCUT2D eigenvalue weighted by atomic mass is 35.5. The van der Waals surface area contributed by atoms with Crippen molar-refractivity contribution in [2.45, 2.75) is 19.9 Å². The van der Waals surface area contributed by atoms with Crippen LogP contribution in [0.25, 0.3) is 5.65 Å². The van der Waals surface area contributed by atoms with Crippen molar-refractivity contribution < 1.29 is 9.53 Å². The van der Waals surface area contributed by atoms with E-state index in [-0.39, 0.29) is 5.91 Å². The van der Waals surface area contributed by atoms with E-state index in [1.807, 2.05) is 49.4 Å². The lowest BCUT2D eigenvalue weighted by atomic mass is 10.0. The minimum absolute atomic E-state index is 0.283. The highest BCUT2D eigenvalue weighted by Crippen LogP contribution is 2.27. The van der Waals surface area contributed by atoms with Crippen LogP contribution in [0, 0.1) is 6.92 Å². The Morgan fingerprint density at radius 2 is 1.87 bits per heavy atom. The molecule has 0 aliphatic carbocycles. The molecule has 6 nitrogen and oxygen atoms in total. The molecule has 2 aromatic carbocycles. The predicted octanol–water partition coefficient (Wildman–Crippen LogP) is 4.87. The fourth-order valence-electron chi connectivity index (χ4n) is 3.40. The number of carbonyl (C=O) groups is 1. The zero-order chi connectivity index (χ0) is 22.0. The average molecular weight is 455 g/mol. The third-order valence-corrected chi connectivity index (χ3v) is 5.65. The van der Waals surface area contributed by atoms with E-state index < -0.39 is 0 Å². The summed E-state index contributed by atoms with van der Waals surface area (Å²) in [5.41, 5.74) is 4.36. The zero-order valence-corrected chi connectivity index (χ0v) is 18.5. The average Bonchev–Trinajstić information content (AvgIpc) is 3.18. The minimum Gasteiger partial charge on any atom is -0.481 e. The second-order valence-electron chi connectivity index (χ2n) is 7.06. The van der Waals surface area contributed by atoms with Crippen LogP contribution in [0.2, 0.25) is 10.0 Å². The molecule has 0 spiro atoms. The maximum absolute atomic E-state index is 12.8. The lowest BCUT2D eigenvalue weighted by molar-refractivity contribution is 0.0952. The van der Waals surface area contributed by atoms with Crippen molar-refractivity contribution in [3.63, 3.8) is 0 Å². The maximum atomic E-state index is 12.8. The highest BCUT2D eigenvalue weighted by Gasteiger charge is 2.21. The SMILES string of the molecule is COc1c(Cc2ccc(Cl)cc2)c(C)nc2c(C(=O)NCc3ccccc3Cl)cnn12. The topological polar surface area (TPSA) is 68.5 Å². The molecule has 158 valence electrons. The molecule has 0 fully saturated rings. The van der Waals surface area contributed by atoms with Gasteiger partial charge in [-0.1, -0.05) is 53.5 Å². The number of nitrogens with one attached hydrogen (secondary N) is 1. The Morgan fingerprint density at radius 3 is 2.58 bits per heavy atom.